The van der Waals surface area contributed by atoms with E-state index >= 15 is 0 Å². The molecule has 6 heterocycles. The molecule has 0 fully saturated rings. The molecule has 65 heavy (non-hydrogen) atoms. The van der Waals surface area contributed by atoms with Gasteiger partial charge in [-0.25, -0.2) is 57.0 Å². The average Bonchev–Trinajstić information content (AvgIpc) is 3.69. The third-order valence-electron chi connectivity index (χ3n) is 12.6. The molecule has 9 rings (SSSR count). The van der Waals surface area contributed by atoms with Crippen LogP contribution in [0.5, 0.6) is 28.7 Å². The summed E-state index contributed by atoms with van der Waals surface area (Å²) in [4.78, 5) is 93.9. The van der Waals surface area contributed by atoms with E-state index in [4.69, 9.17) is 18.9 Å². The van der Waals surface area contributed by atoms with Crippen LogP contribution in [-0.2, 0) is 53.1 Å². The molecule has 7 aromatic rings. The van der Waals surface area contributed by atoms with E-state index in [1.54, 1.807) is 70.4 Å². The molecule has 338 valence electrons. The van der Waals surface area contributed by atoms with Crippen LogP contribution >= 0.6 is 0 Å². The van der Waals surface area contributed by atoms with Crippen molar-refractivity contribution >= 4 is 22.1 Å². The Morgan fingerprint density at radius 3 is 1.54 bits per heavy atom. The molecule has 2 aliphatic heterocycles. The number of hydrogen-bond donors (Lipinski definition) is 1. The van der Waals surface area contributed by atoms with Crippen LogP contribution < -0.4 is 52.8 Å². The molecule has 21 heteroatoms. The number of hydrogen-bond acceptors (Lipinski definition) is 13. The predicted molar refractivity (Wildman–Crippen MR) is 236 cm³/mol. The maximum absolute atomic E-state index is 14.6. The third-order valence-corrected chi connectivity index (χ3v) is 12.6. The first-order valence-electron chi connectivity index (χ1n) is 20.7. The van der Waals surface area contributed by atoms with Gasteiger partial charge in [-0.15, -0.1) is 0 Å². The second-order valence-electron chi connectivity index (χ2n) is 16.1. The molecule has 4 aromatic heterocycles. The second-order valence-corrected chi connectivity index (χ2v) is 16.1. The smallest absolute Gasteiger partial charge is 0.348 e. The summed E-state index contributed by atoms with van der Waals surface area (Å²) in [5.74, 6) is 1.72. The van der Waals surface area contributed by atoms with E-state index in [0.29, 0.717) is 67.3 Å². The first-order chi connectivity index (χ1) is 31.1. The van der Waals surface area contributed by atoms with Crippen molar-refractivity contribution in [3.05, 3.63) is 139 Å². The number of aryl methyl sites for hydroxylation is 6. The van der Waals surface area contributed by atoms with Crippen LogP contribution in [0, 0.1) is 13.8 Å². The fraction of sp³-hybridized carbons (Fsp3) is 0.364. The van der Waals surface area contributed by atoms with Gasteiger partial charge < -0.3 is 33.2 Å². The summed E-state index contributed by atoms with van der Waals surface area (Å²) < 4.78 is 31.8. The topological polar surface area (TPSA) is 225 Å². The Morgan fingerprint density at radius 2 is 1.06 bits per heavy atom. The second kappa shape index (κ2) is 15.7. The molecule has 2 atom stereocenters. The molecule has 21 nitrogen and oxygen atoms in total. The van der Waals surface area contributed by atoms with Gasteiger partial charge in [0.15, 0.2) is 23.0 Å². The Balaban J connectivity index is 1.11. The lowest BCUT2D eigenvalue weighted by Gasteiger charge is -2.38. The van der Waals surface area contributed by atoms with Crippen molar-refractivity contribution in [2.45, 2.75) is 65.0 Å². The fourth-order valence-corrected chi connectivity index (χ4v) is 9.26. The Kier molecular flexibility index (Phi) is 10.3. The van der Waals surface area contributed by atoms with E-state index in [2.05, 4.69) is 9.97 Å². The van der Waals surface area contributed by atoms with Gasteiger partial charge in [0.2, 0.25) is 0 Å². The fourth-order valence-electron chi connectivity index (χ4n) is 9.26. The zero-order valence-electron chi connectivity index (χ0n) is 36.9. The molecular weight excluding hydrogens is 845 g/mol. The van der Waals surface area contributed by atoms with Crippen molar-refractivity contribution in [1.29, 1.82) is 0 Å². The number of aromatic nitrogens is 10. The largest absolute Gasteiger partial charge is 0.507 e. The summed E-state index contributed by atoms with van der Waals surface area (Å²) >= 11 is 0. The summed E-state index contributed by atoms with van der Waals surface area (Å²) in [5.41, 5.74) is 0.787. The lowest BCUT2D eigenvalue weighted by Crippen LogP contribution is -2.47. The van der Waals surface area contributed by atoms with Gasteiger partial charge in [0, 0.05) is 64.3 Å². The molecule has 0 spiro atoms. The van der Waals surface area contributed by atoms with Gasteiger partial charge in [-0.1, -0.05) is 6.08 Å². The van der Waals surface area contributed by atoms with Gasteiger partial charge in [0.1, 0.15) is 23.2 Å². The zero-order chi connectivity index (χ0) is 46.3. The van der Waals surface area contributed by atoms with Crippen LogP contribution in [0.2, 0.25) is 0 Å². The number of allylic oxidation sites excluding steroid dienone is 2. The van der Waals surface area contributed by atoms with E-state index in [1.165, 1.54) is 56.3 Å². The first kappa shape index (κ1) is 42.5. The highest BCUT2D eigenvalue weighted by Gasteiger charge is 2.41. The molecule has 0 saturated carbocycles. The Labute approximate surface area is 367 Å². The van der Waals surface area contributed by atoms with Gasteiger partial charge in [0.25, 0.3) is 11.1 Å². The molecule has 0 amide bonds. The highest BCUT2D eigenvalue weighted by Crippen LogP contribution is 2.40. The molecule has 0 saturated heterocycles. The van der Waals surface area contributed by atoms with Crippen molar-refractivity contribution in [3.8, 4) is 28.7 Å². The highest BCUT2D eigenvalue weighted by atomic mass is 16.5. The summed E-state index contributed by atoms with van der Waals surface area (Å²) in [6.07, 6.45) is 1.64. The zero-order valence-corrected chi connectivity index (χ0v) is 36.9. The van der Waals surface area contributed by atoms with E-state index < -0.39 is 46.0 Å². The van der Waals surface area contributed by atoms with E-state index in [1.807, 2.05) is 0 Å². The van der Waals surface area contributed by atoms with Crippen LogP contribution in [0.1, 0.15) is 40.2 Å². The van der Waals surface area contributed by atoms with Crippen molar-refractivity contribution in [3.63, 3.8) is 0 Å². The van der Waals surface area contributed by atoms with E-state index in [-0.39, 0.29) is 56.2 Å². The Bertz CT molecular complexity index is 3540. The predicted octanol–water partition coefficient (Wildman–Crippen LogP) is 1.06. The lowest BCUT2D eigenvalue weighted by atomic mass is 9.88. The van der Waals surface area contributed by atoms with Crippen LogP contribution in [0.15, 0.2) is 76.8 Å². The molecule has 0 aliphatic carbocycles. The highest BCUT2D eigenvalue weighted by molar-refractivity contribution is 5.80. The van der Waals surface area contributed by atoms with Gasteiger partial charge in [-0.2, -0.15) is 0 Å². The van der Waals surface area contributed by atoms with Crippen LogP contribution in [0.4, 0.5) is 0 Å². The van der Waals surface area contributed by atoms with Crippen molar-refractivity contribution < 1.29 is 24.1 Å². The number of aromatic hydroxyl groups is 1. The van der Waals surface area contributed by atoms with Gasteiger partial charge >= 0.3 is 22.8 Å². The molecule has 0 radical (unpaired) electrons. The minimum atomic E-state index is -0.943. The molecular formula is C44H46N10O11. The lowest BCUT2D eigenvalue weighted by molar-refractivity contribution is 0.246. The third kappa shape index (κ3) is 6.50. The number of fused-ring (bicyclic) bond motifs is 6. The minimum Gasteiger partial charge on any atom is -0.507 e. The molecule has 1 N–H and O–H groups in total. The first-order valence-corrected chi connectivity index (χ1v) is 20.7. The Hall–Kier alpha value is -7.84. The van der Waals surface area contributed by atoms with Gasteiger partial charge in [-0.3, -0.25) is 9.59 Å². The number of benzene rings is 3. The Morgan fingerprint density at radius 1 is 0.615 bits per heavy atom. The number of nitrogens with zero attached hydrogens (tertiary/aromatic N) is 10. The van der Waals surface area contributed by atoms with Crippen LogP contribution in [0.3, 0.4) is 0 Å². The normalized spacial score (nSPS) is 15.4. The average molecular weight is 891 g/mol. The number of ether oxygens (including phenoxy) is 4. The SMILES string of the molecule is COc1cc2nc(CCn3c(=O)n4n(c3=O)C3Cn5c(=O)n(CCc6nc7cc(OC)c(OC)cc7n(C)c6=O)c(=O)n5C(c5cc(C)c(O)c(C)c5)C3=CC4)c(=O)n(C)c2cc1OC. The number of phenolic OH excluding ortho intramolecular Hbond substituents is 1. The standard InChI is InChI=1S/C44H46N10O11/c1-22-15-24(16-23(2)38(22)55)37-25-9-14-51-41(58)49(12-10-26-39(56)47(3)30-19-35(64-7)33(62-5)17-28(30)45-26)43(60)53(51)32(25)21-52-42(59)50(44(61)54(37)52)13-11-27-40(57)48(4)31-20-36(65-8)34(63-6)18-29(31)46-27/h9,15-20,32,37,55H,10-14,21H2,1-8H3. The van der Waals surface area contributed by atoms with Crippen LogP contribution in [0.25, 0.3) is 22.1 Å². The summed E-state index contributed by atoms with van der Waals surface area (Å²) in [7, 11) is 9.12. The maximum atomic E-state index is 14.6. The number of rotatable bonds is 11. The van der Waals surface area contributed by atoms with E-state index in [9.17, 15) is 33.9 Å². The van der Waals surface area contributed by atoms with Crippen molar-refractivity contribution in [2.75, 3.05) is 28.4 Å². The van der Waals surface area contributed by atoms with Gasteiger partial charge in [0.05, 0.1) is 69.6 Å². The molecule has 0 bridgehead atoms. The molecule has 2 aliphatic rings. The van der Waals surface area contributed by atoms with E-state index in [0.717, 1.165) is 9.13 Å². The van der Waals surface area contributed by atoms with Gasteiger partial charge in [-0.05, 0) is 48.2 Å². The summed E-state index contributed by atoms with van der Waals surface area (Å²) in [6, 6.07) is 8.17. The minimum absolute atomic E-state index is 0.0374. The monoisotopic (exact) mass is 890 g/mol. The van der Waals surface area contributed by atoms with Crippen LogP contribution in [-0.4, -0.2) is 80.5 Å². The quantitative estimate of drug-likeness (QED) is 0.180. The van der Waals surface area contributed by atoms with Crippen molar-refractivity contribution in [1.82, 2.24) is 47.0 Å². The number of phenols is 1. The summed E-state index contributed by atoms with van der Waals surface area (Å²) in [6.45, 7) is 2.82. The molecule has 2 unspecified atom stereocenters. The maximum Gasteiger partial charge on any atom is 0.348 e. The molecule has 3 aromatic carbocycles. The van der Waals surface area contributed by atoms with Crippen molar-refractivity contribution in [2.24, 2.45) is 14.1 Å². The number of methoxy groups -OCH3 is 4. The summed E-state index contributed by atoms with van der Waals surface area (Å²) in [5, 5.41) is 10.8.